The molecule has 0 radical (unpaired) electrons. The fourth-order valence-electron chi connectivity index (χ4n) is 3.66. The van der Waals surface area contributed by atoms with E-state index in [0.29, 0.717) is 11.3 Å². The molecule has 10 heteroatoms. The van der Waals surface area contributed by atoms with E-state index < -0.39 is 28.1 Å². The second kappa shape index (κ2) is 10.2. The smallest absolute Gasteiger partial charge is 0.338 e. The second-order valence-corrected chi connectivity index (χ2v) is 9.32. The van der Waals surface area contributed by atoms with Gasteiger partial charge in [0.2, 0.25) is 10.0 Å². The Hall–Kier alpha value is -3.21. The van der Waals surface area contributed by atoms with Crippen molar-refractivity contribution in [3.05, 3.63) is 77.0 Å². The average molecular weight is 473 g/mol. The highest BCUT2D eigenvalue weighted by Crippen LogP contribution is 2.29. The molecule has 33 heavy (non-hydrogen) atoms. The molecule has 0 saturated heterocycles. The Bertz CT molecular complexity index is 1150. The Morgan fingerprint density at radius 3 is 2.36 bits per heavy atom. The van der Waals surface area contributed by atoms with Crippen molar-refractivity contribution in [3.63, 3.8) is 0 Å². The predicted molar refractivity (Wildman–Crippen MR) is 123 cm³/mol. The maximum Gasteiger partial charge on any atom is 0.338 e. The summed E-state index contributed by atoms with van der Waals surface area (Å²) in [4.78, 5) is 27.3. The van der Waals surface area contributed by atoms with Crippen LogP contribution in [0.5, 0.6) is 0 Å². The molecule has 1 aliphatic rings. The number of carbonyl (C=O) groups is 2. The summed E-state index contributed by atoms with van der Waals surface area (Å²) < 4.78 is 28.3. The normalized spacial score (nSPS) is 17.4. The standard InChI is InChI=1S/C23H28N4O5S/c1-4-32-22(28)20-19(25-23(29)26-21(20)17-8-6-5-7-9-17)14-27(3)15(2)16-10-12-18(13-11-16)33(24,30)31/h5-13,15,21H,4,14H2,1-3H3,(H2,24,30,31)(H2,25,26,29)/t15-,21+/m1/s1. The molecule has 0 spiro atoms. The summed E-state index contributed by atoms with van der Waals surface area (Å²) in [7, 11) is -1.93. The molecule has 1 aliphatic heterocycles. The van der Waals surface area contributed by atoms with Crippen LogP contribution >= 0.6 is 0 Å². The Morgan fingerprint density at radius 2 is 1.79 bits per heavy atom. The van der Waals surface area contributed by atoms with Crippen molar-refractivity contribution in [2.24, 2.45) is 5.14 Å². The van der Waals surface area contributed by atoms with Gasteiger partial charge in [0, 0.05) is 18.3 Å². The van der Waals surface area contributed by atoms with E-state index in [1.807, 2.05) is 49.2 Å². The van der Waals surface area contributed by atoms with Gasteiger partial charge in [-0.15, -0.1) is 0 Å². The van der Waals surface area contributed by atoms with Gasteiger partial charge in [0.15, 0.2) is 0 Å². The number of primary sulfonamides is 1. The monoisotopic (exact) mass is 472 g/mol. The second-order valence-electron chi connectivity index (χ2n) is 7.76. The molecule has 2 aromatic rings. The van der Waals surface area contributed by atoms with Crippen LogP contribution in [0.25, 0.3) is 0 Å². The minimum atomic E-state index is -3.78. The molecular weight excluding hydrogens is 444 g/mol. The molecule has 0 aliphatic carbocycles. The summed E-state index contributed by atoms with van der Waals surface area (Å²) >= 11 is 0. The van der Waals surface area contributed by atoms with Crippen molar-refractivity contribution in [1.82, 2.24) is 15.5 Å². The van der Waals surface area contributed by atoms with Gasteiger partial charge in [-0.3, -0.25) is 4.90 Å². The molecular formula is C23H28N4O5S. The van der Waals surface area contributed by atoms with E-state index >= 15 is 0 Å². The molecule has 1 heterocycles. The maximum atomic E-state index is 12.9. The molecule has 2 atom stereocenters. The predicted octanol–water partition coefficient (Wildman–Crippen LogP) is 2.20. The van der Waals surface area contributed by atoms with Crippen LogP contribution in [-0.4, -0.2) is 45.5 Å². The van der Waals surface area contributed by atoms with E-state index in [2.05, 4.69) is 10.6 Å². The minimum Gasteiger partial charge on any atom is -0.463 e. The lowest BCUT2D eigenvalue weighted by atomic mass is 9.94. The molecule has 176 valence electrons. The quantitative estimate of drug-likeness (QED) is 0.505. The molecule has 2 amide bonds. The number of esters is 1. The summed E-state index contributed by atoms with van der Waals surface area (Å²) in [6, 6.07) is 14.3. The molecule has 0 unspecified atom stereocenters. The number of ether oxygens (including phenoxy) is 1. The van der Waals surface area contributed by atoms with E-state index in [-0.39, 0.29) is 24.1 Å². The maximum absolute atomic E-state index is 12.9. The van der Waals surface area contributed by atoms with Crippen LogP contribution in [0.2, 0.25) is 0 Å². The molecule has 2 aromatic carbocycles. The highest BCUT2D eigenvalue weighted by Gasteiger charge is 2.34. The third-order valence-electron chi connectivity index (χ3n) is 5.54. The third kappa shape index (κ3) is 5.78. The number of urea groups is 1. The number of nitrogens with two attached hydrogens (primary N) is 1. The number of benzene rings is 2. The Morgan fingerprint density at radius 1 is 1.15 bits per heavy atom. The van der Waals surface area contributed by atoms with Crippen LogP contribution in [-0.2, 0) is 19.6 Å². The van der Waals surface area contributed by atoms with E-state index in [4.69, 9.17) is 9.88 Å². The summed E-state index contributed by atoms with van der Waals surface area (Å²) in [5.74, 6) is -0.507. The van der Waals surface area contributed by atoms with Gasteiger partial charge < -0.3 is 15.4 Å². The number of nitrogens with one attached hydrogen (secondary N) is 2. The first kappa shape index (κ1) is 24.4. The number of carbonyl (C=O) groups excluding carboxylic acids is 2. The van der Waals surface area contributed by atoms with Crippen molar-refractivity contribution < 1.29 is 22.7 Å². The minimum absolute atomic E-state index is 0.0322. The lowest BCUT2D eigenvalue weighted by Crippen LogP contribution is -2.48. The van der Waals surface area contributed by atoms with Gasteiger partial charge in [-0.2, -0.15) is 0 Å². The number of rotatable bonds is 8. The lowest BCUT2D eigenvalue weighted by Gasteiger charge is -2.33. The lowest BCUT2D eigenvalue weighted by molar-refractivity contribution is -0.139. The van der Waals surface area contributed by atoms with Crippen LogP contribution in [0.15, 0.2) is 70.8 Å². The number of sulfonamides is 1. The van der Waals surface area contributed by atoms with Crippen molar-refractivity contribution in [1.29, 1.82) is 0 Å². The molecule has 0 saturated carbocycles. The Kier molecular flexibility index (Phi) is 7.52. The van der Waals surface area contributed by atoms with E-state index in [1.165, 1.54) is 12.1 Å². The summed E-state index contributed by atoms with van der Waals surface area (Å²) in [6.07, 6.45) is 0. The first-order valence-corrected chi connectivity index (χ1v) is 12.0. The van der Waals surface area contributed by atoms with Gasteiger partial charge in [0.1, 0.15) is 0 Å². The molecule has 4 N–H and O–H groups in total. The number of hydrogen-bond donors (Lipinski definition) is 3. The summed E-state index contributed by atoms with van der Waals surface area (Å²) in [6.45, 7) is 4.12. The summed E-state index contributed by atoms with van der Waals surface area (Å²) in [5.41, 5.74) is 2.40. The Balaban J connectivity index is 1.93. The zero-order valence-corrected chi connectivity index (χ0v) is 19.6. The SMILES string of the molecule is CCOC(=O)C1=C(CN(C)[C@H](C)c2ccc(S(N)(=O)=O)cc2)NC(=O)N[C@H]1c1ccccc1. The fourth-order valence-corrected chi connectivity index (χ4v) is 4.18. The topological polar surface area (TPSA) is 131 Å². The van der Waals surface area contributed by atoms with Crippen LogP contribution in [0, 0.1) is 0 Å². The first-order valence-electron chi connectivity index (χ1n) is 10.5. The van der Waals surface area contributed by atoms with Crippen LogP contribution in [0.4, 0.5) is 4.79 Å². The van der Waals surface area contributed by atoms with Gasteiger partial charge in [0.25, 0.3) is 0 Å². The first-order chi connectivity index (χ1) is 15.6. The van der Waals surface area contributed by atoms with Gasteiger partial charge in [-0.1, -0.05) is 42.5 Å². The molecule has 0 aromatic heterocycles. The Labute approximate surface area is 193 Å². The van der Waals surface area contributed by atoms with E-state index in [1.54, 1.807) is 19.1 Å². The summed E-state index contributed by atoms with van der Waals surface area (Å²) in [5, 5.41) is 10.7. The van der Waals surface area contributed by atoms with E-state index in [0.717, 1.165) is 11.1 Å². The zero-order chi connectivity index (χ0) is 24.2. The van der Waals surface area contributed by atoms with Crippen LogP contribution in [0.3, 0.4) is 0 Å². The van der Waals surface area contributed by atoms with E-state index in [9.17, 15) is 18.0 Å². The van der Waals surface area contributed by atoms with Crippen molar-refractivity contribution in [2.45, 2.75) is 30.8 Å². The molecule has 9 nitrogen and oxygen atoms in total. The largest absolute Gasteiger partial charge is 0.463 e. The molecule has 0 fully saturated rings. The number of hydrogen-bond acceptors (Lipinski definition) is 6. The zero-order valence-electron chi connectivity index (χ0n) is 18.7. The van der Waals surface area contributed by atoms with Gasteiger partial charge >= 0.3 is 12.0 Å². The third-order valence-corrected chi connectivity index (χ3v) is 6.47. The fraction of sp³-hybridized carbons (Fsp3) is 0.304. The van der Waals surface area contributed by atoms with Gasteiger partial charge in [-0.25, -0.2) is 23.1 Å². The van der Waals surface area contributed by atoms with Crippen molar-refractivity contribution >= 4 is 22.0 Å². The highest BCUT2D eigenvalue weighted by molar-refractivity contribution is 7.89. The molecule has 0 bridgehead atoms. The molecule has 3 rings (SSSR count). The van der Waals surface area contributed by atoms with Crippen LogP contribution in [0.1, 0.15) is 37.1 Å². The van der Waals surface area contributed by atoms with Gasteiger partial charge in [0.05, 0.1) is 23.1 Å². The van der Waals surface area contributed by atoms with Crippen LogP contribution < -0.4 is 15.8 Å². The highest BCUT2D eigenvalue weighted by atomic mass is 32.2. The number of nitrogens with zero attached hydrogens (tertiary/aromatic N) is 1. The van der Waals surface area contributed by atoms with Gasteiger partial charge in [-0.05, 0) is 44.2 Å². The number of amides is 2. The van der Waals surface area contributed by atoms with Crippen molar-refractivity contribution in [2.75, 3.05) is 20.2 Å². The average Bonchev–Trinajstić information content (AvgIpc) is 2.78. The number of likely N-dealkylation sites (N-methyl/N-ethyl adjacent to an activating group) is 1. The van der Waals surface area contributed by atoms with Crippen molar-refractivity contribution in [3.8, 4) is 0 Å².